The highest BCUT2D eigenvalue weighted by Crippen LogP contribution is 2.09. The Morgan fingerprint density at radius 2 is 2.32 bits per heavy atom. The zero-order valence-electron chi connectivity index (χ0n) is 11.0. The Hall–Kier alpha value is -0.980. The molecule has 0 bridgehead atoms. The van der Waals surface area contributed by atoms with E-state index in [0.717, 1.165) is 31.6 Å². The Kier molecular flexibility index (Phi) is 5.30. The molecule has 0 aliphatic carbocycles. The molecule has 0 saturated carbocycles. The quantitative estimate of drug-likeness (QED) is 0.799. The number of nitrogens with zero attached hydrogens (tertiary/aromatic N) is 1. The second kappa shape index (κ2) is 6.98. The Balaban J connectivity index is 1.75. The molecule has 106 valence electrons. The van der Waals surface area contributed by atoms with Crippen LogP contribution in [-0.2, 0) is 16.4 Å². The molecule has 0 amide bonds. The van der Waals surface area contributed by atoms with Gasteiger partial charge in [0.25, 0.3) is 0 Å². The van der Waals surface area contributed by atoms with E-state index in [4.69, 9.17) is 0 Å². The van der Waals surface area contributed by atoms with Gasteiger partial charge < -0.3 is 5.32 Å². The van der Waals surface area contributed by atoms with Gasteiger partial charge in [0.2, 0.25) is 10.0 Å². The zero-order valence-corrected chi connectivity index (χ0v) is 11.8. The maximum absolute atomic E-state index is 11.9. The van der Waals surface area contributed by atoms with Crippen LogP contribution in [0.2, 0.25) is 0 Å². The average Bonchev–Trinajstić information content (AvgIpc) is 2.46. The van der Waals surface area contributed by atoms with Crippen LogP contribution in [0.15, 0.2) is 24.4 Å². The summed E-state index contributed by atoms with van der Waals surface area (Å²) in [6.07, 6.45) is 4.36. The first-order chi connectivity index (χ1) is 9.16. The minimum atomic E-state index is -3.20. The van der Waals surface area contributed by atoms with Crippen LogP contribution in [0.1, 0.15) is 18.5 Å². The van der Waals surface area contributed by atoms with Crippen LogP contribution in [0.4, 0.5) is 0 Å². The summed E-state index contributed by atoms with van der Waals surface area (Å²) in [5.74, 6) is 0.517. The van der Waals surface area contributed by atoms with Crippen LogP contribution in [0.3, 0.4) is 0 Å². The van der Waals surface area contributed by atoms with E-state index in [0.29, 0.717) is 18.9 Å². The van der Waals surface area contributed by atoms with E-state index in [9.17, 15) is 8.42 Å². The molecule has 1 fully saturated rings. The largest absolute Gasteiger partial charge is 0.316 e. The minimum Gasteiger partial charge on any atom is -0.316 e. The highest BCUT2D eigenvalue weighted by molar-refractivity contribution is 7.89. The fourth-order valence-electron chi connectivity index (χ4n) is 2.20. The summed E-state index contributed by atoms with van der Waals surface area (Å²) in [4.78, 5) is 4.13. The van der Waals surface area contributed by atoms with Crippen LogP contribution in [0, 0.1) is 5.92 Å². The fraction of sp³-hybridized carbons (Fsp3) is 0.615. The number of hydrogen-bond donors (Lipinski definition) is 2. The highest BCUT2D eigenvalue weighted by atomic mass is 32.2. The molecule has 1 aliphatic rings. The number of aryl methyl sites for hydroxylation is 1. The van der Waals surface area contributed by atoms with E-state index in [1.54, 1.807) is 6.20 Å². The van der Waals surface area contributed by atoms with E-state index in [1.807, 2.05) is 18.2 Å². The van der Waals surface area contributed by atoms with Crippen LogP contribution >= 0.6 is 0 Å². The standard InChI is InChI=1S/C13H21N3O2S/c17-19(18,9-6-13-5-1-2-8-15-13)16-11-12-4-3-7-14-10-12/h1-2,5,8,12,14,16H,3-4,6-7,9-11H2. The van der Waals surface area contributed by atoms with E-state index in [2.05, 4.69) is 15.0 Å². The number of rotatable bonds is 6. The van der Waals surface area contributed by atoms with Crippen LogP contribution in [0.25, 0.3) is 0 Å². The maximum atomic E-state index is 11.9. The fourth-order valence-corrected chi connectivity index (χ4v) is 3.31. The molecule has 1 unspecified atom stereocenters. The first kappa shape index (κ1) is 14.4. The molecule has 1 aromatic heterocycles. The number of aromatic nitrogens is 1. The first-order valence-electron chi connectivity index (χ1n) is 6.74. The molecule has 2 N–H and O–H groups in total. The Morgan fingerprint density at radius 1 is 1.42 bits per heavy atom. The lowest BCUT2D eigenvalue weighted by Crippen LogP contribution is -2.39. The summed E-state index contributed by atoms with van der Waals surface area (Å²) < 4.78 is 26.5. The highest BCUT2D eigenvalue weighted by Gasteiger charge is 2.16. The van der Waals surface area contributed by atoms with Gasteiger partial charge in [0.05, 0.1) is 5.75 Å². The SMILES string of the molecule is O=S(=O)(CCc1ccccn1)NCC1CCCNC1. The van der Waals surface area contributed by atoms with Crippen LogP contribution in [-0.4, -0.2) is 38.8 Å². The second-order valence-corrected chi connectivity index (χ2v) is 6.88. The molecule has 1 aromatic rings. The van der Waals surface area contributed by atoms with E-state index >= 15 is 0 Å². The first-order valence-corrected chi connectivity index (χ1v) is 8.39. The summed E-state index contributed by atoms with van der Waals surface area (Å²) in [6, 6.07) is 5.54. The lowest BCUT2D eigenvalue weighted by molar-refractivity contribution is 0.376. The minimum absolute atomic E-state index is 0.101. The smallest absolute Gasteiger partial charge is 0.211 e. The van der Waals surface area contributed by atoms with Crippen molar-refractivity contribution in [1.82, 2.24) is 15.0 Å². The van der Waals surface area contributed by atoms with Gasteiger partial charge in [-0.15, -0.1) is 0 Å². The predicted molar refractivity (Wildman–Crippen MR) is 75.3 cm³/mol. The van der Waals surface area contributed by atoms with Gasteiger partial charge in [0.15, 0.2) is 0 Å². The van der Waals surface area contributed by atoms with Crippen LogP contribution < -0.4 is 10.0 Å². The van der Waals surface area contributed by atoms with Crippen LogP contribution in [0.5, 0.6) is 0 Å². The van der Waals surface area contributed by atoms with Gasteiger partial charge in [-0.25, -0.2) is 13.1 Å². The van der Waals surface area contributed by atoms with Gasteiger partial charge in [0, 0.05) is 24.9 Å². The second-order valence-electron chi connectivity index (χ2n) is 4.95. The summed E-state index contributed by atoms with van der Waals surface area (Å²) >= 11 is 0. The predicted octanol–water partition coefficient (Wildman–Crippen LogP) is 0.543. The number of nitrogens with one attached hydrogen (secondary N) is 2. The molecule has 2 heterocycles. The van der Waals surface area contributed by atoms with E-state index in [1.165, 1.54) is 0 Å². The third kappa shape index (κ3) is 5.26. The summed E-state index contributed by atoms with van der Waals surface area (Å²) in [7, 11) is -3.20. The molecule has 1 aliphatic heterocycles. The van der Waals surface area contributed by atoms with Crippen molar-refractivity contribution in [3.8, 4) is 0 Å². The molecule has 0 radical (unpaired) electrons. The van der Waals surface area contributed by atoms with E-state index in [-0.39, 0.29) is 5.75 Å². The Labute approximate surface area is 114 Å². The molecular weight excluding hydrogens is 262 g/mol. The number of piperidine rings is 1. The normalized spacial score (nSPS) is 20.3. The van der Waals surface area contributed by atoms with Gasteiger partial charge in [-0.05, 0) is 44.0 Å². The average molecular weight is 283 g/mol. The van der Waals surface area contributed by atoms with Gasteiger partial charge in [-0.1, -0.05) is 6.07 Å². The van der Waals surface area contributed by atoms with Gasteiger partial charge in [0.1, 0.15) is 0 Å². The lowest BCUT2D eigenvalue weighted by Gasteiger charge is -2.22. The van der Waals surface area contributed by atoms with Crippen molar-refractivity contribution >= 4 is 10.0 Å². The number of sulfonamides is 1. The lowest BCUT2D eigenvalue weighted by atomic mass is 10.0. The van der Waals surface area contributed by atoms with Crippen molar-refractivity contribution in [2.45, 2.75) is 19.3 Å². The monoisotopic (exact) mass is 283 g/mol. The molecule has 6 heteroatoms. The van der Waals surface area contributed by atoms with Gasteiger partial charge in [-0.3, -0.25) is 4.98 Å². The molecule has 19 heavy (non-hydrogen) atoms. The Bertz CT molecular complexity index is 470. The van der Waals surface area contributed by atoms with Crippen molar-refractivity contribution in [3.63, 3.8) is 0 Å². The third-order valence-electron chi connectivity index (χ3n) is 3.34. The van der Waals surface area contributed by atoms with Crippen molar-refractivity contribution < 1.29 is 8.42 Å². The third-order valence-corrected chi connectivity index (χ3v) is 4.69. The zero-order chi connectivity index (χ0) is 13.6. The van der Waals surface area contributed by atoms with Gasteiger partial charge in [-0.2, -0.15) is 0 Å². The maximum Gasteiger partial charge on any atom is 0.211 e. The summed E-state index contributed by atoms with van der Waals surface area (Å²) in [5, 5.41) is 3.28. The van der Waals surface area contributed by atoms with Crippen molar-refractivity contribution in [2.24, 2.45) is 5.92 Å². The molecule has 1 saturated heterocycles. The molecule has 0 aromatic carbocycles. The molecule has 2 rings (SSSR count). The topological polar surface area (TPSA) is 71.1 Å². The molecule has 5 nitrogen and oxygen atoms in total. The number of pyridine rings is 1. The molecule has 0 spiro atoms. The Morgan fingerprint density at radius 3 is 3.00 bits per heavy atom. The molecular formula is C13H21N3O2S. The molecule has 1 atom stereocenters. The van der Waals surface area contributed by atoms with Crippen molar-refractivity contribution in [1.29, 1.82) is 0 Å². The number of hydrogen-bond acceptors (Lipinski definition) is 4. The van der Waals surface area contributed by atoms with Gasteiger partial charge >= 0.3 is 0 Å². The summed E-state index contributed by atoms with van der Waals surface area (Å²) in [5.41, 5.74) is 0.812. The van der Waals surface area contributed by atoms with E-state index < -0.39 is 10.0 Å². The summed E-state index contributed by atoms with van der Waals surface area (Å²) in [6.45, 7) is 2.49. The van der Waals surface area contributed by atoms with Crippen molar-refractivity contribution in [2.75, 3.05) is 25.4 Å². The van der Waals surface area contributed by atoms with Crippen molar-refractivity contribution in [3.05, 3.63) is 30.1 Å².